The molecule has 2 aromatic rings. The van der Waals surface area contributed by atoms with Crippen LogP contribution in [0.1, 0.15) is 37.3 Å². The number of carbonyl (C=O) groups excluding carboxylic acids is 1. The fourth-order valence-electron chi connectivity index (χ4n) is 4.94. The third kappa shape index (κ3) is 6.03. The Kier molecular flexibility index (Phi) is 7.81. The number of likely N-dealkylation sites (tertiary alicyclic amines) is 1. The third-order valence-corrected chi connectivity index (χ3v) is 6.75. The SMILES string of the molecule is CCNC(=NCc1cccnc1N1CCC(C(N)=O)CC1)N1CCC(Cc2ccccc2)C1. The first kappa shape index (κ1) is 23.1. The van der Waals surface area contributed by atoms with Crippen LogP contribution in [-0.2, 0) is 17.8 Å². The summed E-state index contributed by atoms with van der Waals surface area (Å²) in [6.45, 7) is 7.21. The number of aromatic nitrogens is 1. The number of guanidine groups is 1. The van der Waals surface area contributed by atoms with Gasteiger partial charge < -0.3 is 20.9 Å². The predicted molar refractivity (Wildman–Crippen MR) is 133 cm³/mol. The lowest BCUT2D eigenvalue weighted by molar-refractivity contribution is -0.122. The number of aliphatic imine (C=N–C) groups is 1. The van der Waals surface area contributed by atoms with Crippen LogP contribution in [0, 0.1) is 11.8 Å². The van der Waals surface area contributed by atoms with Crippen molar-refractivity contribution in [3.8, 4) is 0 Å². The van der Waals surface area contributed by atoms with E-state index in [9.17, 15) is 4.79 Å². The lowest BCUT2D eigenvalue weighted by Gasteiger charge is -2.32. The molecular weight excluding hydrogens is 412 g/mol. The van der Waals surface area contributed by atoms with Crippen molar-refractivity contribution in [2.24, 2.45) is 22.6 Å². The Morgan fingerprint density at radius 1 is 1.12 bits per heavy atom. The normalized spacial score (nSPS) is 19.7. The van der Waals surface area contributed by atoms with Gasteiger partial charge in [0.05, 0.1) is 6.54 Å². The van der Waals surface area contributed by atoms with Crippen LogP contribution in [0.25, 0.3) is 0 Å². The van der Waals surface area contributed by atoms with Crippen molar-refractivity contribution in [2.45, 2.75) is 39.2 Å². The van der Waals surface area contributed by atoms with Crippen molar-refractivity contribution in [3.05, 3.63) is 59.8 Å². The van der Waals surface area contributed by atoms with Crippen molar-refractivity contribution in [2.75, 3.05) is 37.6 Å². The quantitative estimate of drug-likeness (QED) is 0.502. The van der Waals surface area contributed by atoms with E-state index in [1.54, 1.807) is 0 Å². The topological polar surface area (TPSA) is 86.9 Å². The smallest absolute Gasteiger partial charge is 0.220 e. The van der Waals surface area contributed by atoms with Gasteiger partial charge >= 0.3 is 0 Å². The van der Waals surface area contributed by atoms with Gasteiger partial charge in [-0.2, -0.15) is 0 Å². The molecule has 176 valence electrons. The number of nitrogens with zero attached hydrogens (tertiary/aromatic N) is 4. The van der Waals surface area contributed by atoms with Crippen molar-refractivity contribution in [1.82, 2.24) is 15.2 Å². The van der Waals surface area contributed by atoms with E-state index in [1.165, 1.54) is 12.0 Å². The number of piperidine rings is 1. The molecule has 3 heterocycles. The fraction of sp³-hybridized carbons (Fsp3) is 0.500. The first-order valence-corrected chi connectivity index (χ1v) is 12.2. The van der Waals surface area contributed by atoms with Gasteiger partial charge in [0.2, 0.25) is 5.91 Å². The second kappa shape index (κ2) is 11.2. The lowest BCUT2D eigenvalue weighted by atomic mass is 9.96. The Balaban J connectivity index is 1.41. The Labute approximate surface area is 197 Å². The van der Waals surface area contributed by atoms with Crippen LogP contribution in [0.4, 0.5) is 5.82 Å². The Hall–Kier alpha value is -3.09. The minimum Gasteiger partial charge on any atom is -0.369 e. The van der Waals surface area contributed by atoms with Gasteiger partial charge in [0.15, 0.2) is 5.96 Å². The monoisotopic (exact) mass is 448 g/mol. The first-order valence-electron chi connectivity index (χ1n) is 12.2. The van der Waals surface area contributed by atoms with Gasteiger partial charge in [-0.05, 0) is 50.2 Å². The molecule has 1 aromatic carbocycles. The maximum atomic E-state index is 11.5. The van der Waals surface area contributed by atoms with Gasteiger partial charge in [-0.3, -0.25) is 4.79 Å². The average molecular weight is 449 g/mol. The highest BCUT2D eigenvalue weighted by atomic mass is 16.1. The van der Waals surface area contributed by atoms with E-state index in [1.807, 2.05) is 12.3 Å². The van der Waals surface area contributed by atoms with Crippen LogP contribution in [0.5, 0.6) is 0 Å². The molecule has 2 aliphatic rings. The second-order valence-electron chi connectivity index (χ2n) is 9.11. The second-order valence-corrected chi connectivity index (χ2v) is 9.11. The summed E-state index contributed by atoms with van der Waals surface area (Å²) in [6.07, 6.45) is 5.71. The highest BCUT2D eigenvalue weighted by molar-refractivity contribution is 5.80. The van der Waals surface area contributed by atoms with Crippen molar-refractivity contribution in [3.63, 3.8) is 0 Å². The summed E-state index contributed by atoms with van der Waals surface area (Å²) in [6, 6.07) is 14.8. The van der Waals surface area contributed by atoms with Crippen LogP contribution in [-0.4, -0.2) is 54.5 Å². The van der Waals surface area contributed by atoms with Crippen molar-refractivity contribution in [1.29, 1.82) is 0 Å². The van der Waals surface area contributed by atoms with E-state index in [2.05, 4.69) is 63.4 Å². The Morgan fingerprint density at radius 2 is 1.91 bits per heavy atom. The van der Waals surface area contributed by atoms with Crippen LogP contribution >= 0.6 is 0 Å². The zero-order chi connectivity index (χ0) is 23.0. The van der Waals surface area contributed by atoms with Gasteiger partial charge in [0.1, 0.15) is 5.82 Å². The molecule has 2 aliphatic heterocycles. The van der Waals surface area contributed by atoms with Gasteiger partial charge in [0.25, 0.3) is 0 Å². The van der Waals surface area contributed by atoms with E-state index < -0.39 is 0 Å². The lowest BCUT2D eigenvalue weighted by Crippen LogP contribution is -2.40. The van der Waals surface area contributed by atoms with Crippen LogP contribution in [0.2, 0.25) is 0 Å². The number of carbonyl (C=O) groups is 1. The number of rotatable bonds is 7. The summed E-state index contributed by atoms with van der Waals surface area (Å²) in [7, 11) is 0. The summed E-state index contributed by atoms with van der Waals surface area (Å²) in [5, 5.41) is 3.49. The highest BCUT2D eigenvalue weighted by Crippen LogP contribution is 2.25. The van der Waals surface area contributed by atoms with E-state index in [-0.39, 0.29) is 11.8 Å². The molecular formula is C26H36N6O. The third-order valence-electron chi connectivity index (χ3n) is 6.75. The molecule has 2 fully saturated rings. The molecule has 4 rings (SSSR count). The number of hydrogen-bond donors (Lipinski definition) is 2. The molecule has 0 bridgehead atoms. The molecule has 2 saturated heterocycles. The zero-order valence-electron chi connectivity index (χ0n) is 19.6. The number of nitrogens with two attached hydrogens (primary N) is 1. The minimum atomic E-state index is -0.188. The van der Waals surface area contributed by atoms with E-state index in [0.29, 0.717) is 12.5 Å². The molecule has 0 aliphatic carbocycles. The zero-order valence-corrected chi connectivity index (χ0v) is 19.6. The minimum absolute atomic E-state index is 0.0224. The molecule has 3 N–H and O–H groups in total. The number of nitrogens with one attached hydrogen (secondary N) is 1. The van der Waals surface area contributed by atoms with E-state index in [4.69, 9.17) is 10.7 Å². The number of benzene rings is 1. The molecule has 1 amide bonds. The summed E-state index contributed by atoms with van der Waals surface area (Å²) >= 11 is 0. The Morgan fingerprint density at radius 3 is 2.64 bits per heavy atom. The first-order chi connectivity index (χ1) is 16.1. The van der Waals surface area contributed by atoms with Gasteiger partial charge in [-0.25, -0.2) is 9.98 Å². The summed E-state index contributed by atoms with van der Waals surface area (Å²) in [5.41, 5.74) is 8.03. The summed E-state index contributed by atoms with van der Waals surface area (Å²) < 4.78 is 0. The summed E-state index contributed by atoms with van der Waals surface area (Å²) in [5.74, 6) is 2.40. The van der Waals surface area contributed by atoms with Gasteiger partial charge in [-0.1, -0.05) is 36.4 Å². The molecule has 0 saturated carbocycles. The van der Waals surface area contributed by atoms with Crippen molar-refractivity contribution < 1.29 is 4.79 Å². The fourth-order valence-corrected chi connectivity index (χ4v) is 4.94. The number of pyridine rings is 1. The standard InChI is InChI=1S/C26H36N6O/c1-2-28-26(32-14-10-21(19-32)17-20-7-4-3-5-8-20)30-18-23-9-6-13-29-25(23)31-15-11-22(12-16-31)24(27)33/h3-9,13,21-22H,2,10-12,14-19H2,1H3,(H2,27,33)(H,28,30). The number of hydrogen-bond acceptors (Lipinski definition) is 4. The van der Waals surface area contributed by atoms with Crippen molar-refractivity contribution >= 4 is 17.7 Å². The highest BCUT2D eigenvalue weighted by Gasteiger charge is 2.26. The van der Waals surface area contributed by atoms with Crippen LogP contribution in [0.3, 0.4) is 0 Å². The van der Waals surface area contributed by atoms with E-state index in [0.717, 1.165) is 69.3 Å². The number of amides is 1. The number of primary amides is 1. The van der Waals surface area contributed by atoms with Crippen LogP contribution in [0.15, 0.2) is 53.7 Å². The molecule has 7 heteroatoms. The average Bonchev–Trinajstić information content (AvgIpc) is 3.31. The molecule has 1 aromatic heterocycles. The van der Waals surface area contributed by atoms with Crippen LogP contribution < -0.4 is 16.0 Å². The molecule has 1 atom stereocenters. The molecule has 0 radical (unpaired) electrons. The van der Waals surface area contributed by atoms with Gasteiger partial charge in [0, 0.05) is 50.4 Å². The molecule has 7 nitrogen and oxygen atoms in total. The Bertz CT molecular complexity index is 939. The maximum absolute atomic E-state index is 11.5. The van der Waals surface area contributed by atoms with Gasteiger partial charge in [-0.15, -0.1) is 0 Å². The molecule has 0 spiro atoms. The molecule has 1 unspecified atom stereocenters. The predicted octanol–water partition coefficient (Wildman–Crippen LogP) is 2.81. The maximum Gasteiger partial charge on any atom is 0.220 e. The molecule has 33 heavy (non-hydrogen) atoms. The van der Waals surface area contributed by atoms with E-state index >= 15 is 0 Å². The number of anilines is 1. The largest absolute Gasteiger partial charge is 0.369 e. The summed E-state index contributed by atoms with van der Waals surface area (Å²) in [4.78, 5) is 25.8.